The third-order valence-corrected chi connectivity index (χ3v) is 6.57. The van der Waals surface area contributed by atoms with E-state index in [-0.39, 0.29) is 43.4 Å². The highest BCUT2D eigenvalue weighted by molar-refractivity contribution is 7.92. The van der Waals surface area contributed by atoms with Crippen LogP contribution in [0.25, 0.3) is 0 Å². The molecule has 11 heteroatoms. The summed E-state index contributed by atoms with van der Waals surface area (Å²) in [6, 6.07) is 8.90. The van der Waals surface area contributed by atoms with Crippen LogP contribution in [-0.4, -0.2) is 50.5 Å². The minimum Gasteiger partial charge on any atom is -0.355 e. The maximum absolute atomic E-state index is 13.6. The summed E-state index contributed by atoms with van der Waals surface area (Å²) in [5, 5.41) is 3.23. The minimum atomic E-state index is -3.81. The third kappa shape index (κ3) is 7.66. The molecule has 0 spiro atoms. The Bertz CT molecular complexity index is 1110. The van der Waals surface area contributed by atoms with Crippen molar-refractivity contribution in [3.63, 3.8) is 0 Å². The summed E-state index contributed by atoms with van der Waals surface area (Å²) in [7, 11) is -3.81. The van der Waals surface area contributed by atoms with Gasteiger partial charge in [0.25, 0.3) is 0 Å². The number of halogens is 3. The van der Waals surface area contributed by atoms with Crippen LogP contribution in [0.2, 0.25) is 5.02 Å². The van der Waals surface area contributed by atoms with E-state index in [0.717, 1.165) is 34.3 Å². The quantitative estimate of drug-likeness (QED) is 0.494. The zero-order chi connectivity index (χ0) is 25.5. The first kappa shape index (κ1) is 27.5. The fourth-order valence-corrected chi connectivity index (χ4v) is 4.42. The van der Waals surface area contributed by atoms with Gasteiger partial charge in [-0.3, -0.25) is 13.9 Å². The average molecular weight is 516 g/mol. The Labute approximate surface area is 203 Å². The Morgan fingerprint density at radius 1 is 1.09 bits per heavy atom. The van der Waals surface area contributed by atoms with Gasteiger partial charge in [-0.1, -0.05) is 23.7 Å². The Hall–Kier alpha value is -2.72. The minimum absolute atomic E-state index is 0.0393. The van der Waals surface area contributed by atoms with E-state index >= 15 is 0 Å². The van der Waals surface area contributed by atoms with Crippen LogP contribution in [0.1, 0.15) is 32.3 Å². The van der Waals surface area contributed by atoms with Gasteiger partial charge in [0.2, 0.25) is 21.8 Å². The lowest BCUT2D eigenvalue weighted by Crippen LogP contribution is -2.47. The highest BCUT2D eigenvalue weighted by Crippen LogP contribution is 2.22. The van der Waals surface area contributed by atoms with E-state index in [2.05, 4.69) is 5.32 Å². The molecule has 0 aliphatic heterocycles. The van der Waals surface area contributed by atoms with Crippen molar-refractivity contribution >= 4 is 39.1 Å². The van der Waals surface area contributed by atoms with Crippen LogP contribution in [0.5, 0.6) is 0 Å². The lowest BCUT2D eigenvalue weighted by Gasteiger charge is -2.29. The van der Waals surface area contributed by atoms with Gasteiger partial charge in [0.15, 0.2) is 11.6 Å². The number of rotatable bonds is 11. The summed E-state index contributed by atoms with van der Waals surface area (Å²) >= 11 is 5.93. The Morgan fingerprint density at radius 2 is 1.74 bits per heavy atom. The van der Waals surface area contributed by atoms with Crippen molar-refractivity contribution in [1.29, 1.82) is 0 Å². The Balaban J connectivity index is 2.16. The first-order valence-electron chi connectivity index (χ1n) is 10.7. The monoisotopic (exact) mass is 515 g/mol. The summed E-state index contributed by atoms with van der Waals surface area (Å²) in [4.78, 5) is 26.9. The largest absolute Gasteiger partial charge is 0.355 e. The molecule has 34 heavy (non-hydrogen) atoms. The zero-order valence-corrected chi connectivity index (χ0v) is 20.8. The molecule has 1 atom stereocenters. The van der Waals surface area contributed by atoms with Gasteiger partial charge in [-0.15, -0.1) is 0 Å². The number of benzene rings is 2. The second-order valence-electron chi connectivity index (χ2n) is 7.76. The van der Waals surface area contributed by atoms with Gasteiger partial charge in [0.05, 0.1) is 11.9 Å². The van der Waals surface area contributed by atoms with Crippen LogP contribution in [0, 0.1) is 11.6 Å². The van der Waals surface area contributed by atoms with E-state index in [1.54, 1.807) is 38.1 Å². The number of hydrogen-bond donors (Lipinski definition) is 1. The van der Waals surface area contributed by atoms with Gasteiger partial charge < -0.3 is 10.2 Å². The van der Waals surface area contributed by atoms with Gasteiger partial charge in [-0.05, 0) is 50.1 Å². The van der Waals surface area contributed by atoms with Crippen molar-refractivity contribution in [2.45, 2.75) is 39.3 Å². The molecule has 2 amide bonds. The number of hydrogen-bond acceptors (Lipinski definition) is 4. The van der Waals surface area contributed by atoms with Gasteiger partial charge in [-0.25, -0.2) is 17.2 Å². The second kappa shape index (κ2) is 12.1. The average Bonchev–Trinajstić information content (AvgIpc) is 2.77. The van der Waals surface area contributed by atoms with Crippen LogP contribution in [0.4, 0.5) is 14.5 Å². The number of carbonyl (C=O) groups is 2. The van der Waals surface area contributed by atoms with Crippen molar-refractivity contribution in [2.24, 2.45) is 0 Å². The molecular weight excluding hydrogens is 488 g/mol. The van der Waals surface area contributed by atoms with Gasteiger partial charge in [-0.2, -0.15) is 0 Å². The summed E-state index contributed by atoms with van der Waals surface area (Å²) in [6.45, 7) is 3.83. The normalized spacial score (nSPS) is 12.2. The van der Waals surface area contributed by atoms with Crippen molar-refractivity contribution in [2.75, 3.05) is 23.7 Å². The molecule has 0 bridgehead atoms. The molecule has 0 aliphatic rings. The van der Waals surface area contributed by atoms with Crippen molar-refractivity contribution < 1.29 is 26.8 Å². The number of likely N-dealkylation sites (N-methyl/N-ethyl adjacent to an activating group) is 1. The van der Waals surface area contributed by atoms with E-state index in [4.69, 9.17) is 11.6 Å². The molecule has 2 aromatic rings. The number of anilines is 1. The highest BCUT2D eigenvalue weighted by Gasteiger charge is 2.26. The molecule has 0 saturated heterocycles. The fraction of sp³-hybridized carbons (Fsp3) is 0.391. The molecular formula is C23H28ClF2N3O4S. The van der Waals surface area contributed by atoms with E-state index in [9.17, 15) is 26.8 Å². The first-order valence-corrected chi connectivity index (χ1v) is 12.9. The molecule has 0 radical (unpaired) electrons. The molecule has 0 unspecified atom stereocenters. The Kier molecular flexibility index (Phi) is 9.81. The van der Waals surface area contributed by atoms with Crippen LogP contribution in [-0.2, 0) is 26.2 Å². The fourth-order valence-electron chi connectivity index (χ4n) is 3.34. The molecule has 0 aromatic heterocycles. The molecule has 2 aromatic carbocycles. The zero-order valence-electron chi connectivity index (χ0n) is 19.2. The Morgan fingerprint density at radius 3 is 2.29 bits per heavy atom. The predicted molar refractivity (Wildman–Crippen MR) is 128 cm³/mol. The van der Waals surface area contributed by atoms with E-state index < -0.39 is 27.7 Å². The van der Waals surface area contributed by atoms with Crippen molar-refractivity contribution in [3.05, 3.63) is 64.7 Å². The topological polar surface area (TPSA) is 86.8 Å². The SMILES string of the molecule is CCNC(=O)[C@H](C)N(Cc1ccc(Cl)cc1)C(=O)CCCN(c1ccc(F)c(F)c1)S(C)(=O)=O. The van der Waals surface area contributed by atoms with Gasteiger partial charge in [0.1, 0.15) is 6.04 Å². The second-order valence-corrected chi connectivity index (χ2v) is 10.1. The van der Waals surface area contributed by atoms with Crippen LogP contribution >= 0.6 is 11.6 Å². The number of carbonyl (C=O) groups excluding carboxylic acids is 2. The summed E-state index contributed by atoms with van der Waals surface area (Å²) < 4.78 is 52.3. The maximum Gasteiger partial charge on any atom is 0.242 e. The van der Waals surface area contributed by atoms with Crippen LogP contribution in [0.3, 0.4) is 0 Å². The lowest BCUT2D eigenvalue weighted by molar-refractivity contribution is -0.140. The molecule has 186 valence electrons. The van der Waals surface area contributed by atoms with Crippen LogP contribution < -0.4 is 9.62 Å². The number of sulfonamides is 1. The molecule has 1 N–H and O–H groups in total. The molecule has 7 nitrogen and oxygen atoms in total. The summed E-state index contributed by atoms with van der Waals surface area (Å²) in [6.07, 6.45) is 0.983. The number of nitrogens with one attached hydrogen (secondary N) is 1. The molecule has 2 rings (SSSR count). The molecule has 0 heterocycles. The molecule has 0 aliphatic carbocycles. The highest BCUT2D eigenvalue weighted by atomic mass is 35.5. The van der Waals surface area contributed by atoms with Crippen molar-refractivity contribution in [1.82, 2.24) is 10.2 Å². The van der Waals surface area contributed by atoms with Crippen molar-refractivity contribution in [3.8, 4) is 0 Å². The summed E-state index contributed by atoms with van der Waals surface area (Å²) in [5.74, 6) is -2.94. The predicted octanol–water partition coefficient (Wildman–Crippen LogP) is 3.72. The third-order valence-electron chi connectivity index (χ3n) is 5.13. The van der Waals surface area contributed by atoms with Gasteiger partial charge >= 0.3 is 0 Å². The smallest absolute Gasteiger partial charge is 0.242 e. The standard InChI is InChI=1S/C23H28ClF2N3O4S/c1-4-27-23(31)16(2)28(15-17-7-9-18(24)10-8-17)22(30)6-5-13-29(34(3,32)33)19-11-12-20(25)21(26)14-19/h7-12,14,16H,4-6,13,15H2,1-3H3,(H,27,31)/t16-/m0/s1. The first-order chi connectivity index (χ1) is 15.9. The molecule has 0 fully saturated rings. The van der Waals surface area contributed by atoms with Crippen LogP contribution in [0.15, 0.2) is 42.5 Å². The van der Waals surface area contributed by atoms with Gasteiger partial charge in [0, 0.05) is 37.1 Å². The molecule has 0 saturated carbocycles. The number of amides is 2. The lowest BCUT2D eigenvalue weighted by atomic mass is 10.1. The number of nitrogens with zero attached hydrogens (tertiary/aromatic N) is 2. The maximum atomic E-state index is 13.6. The van der Waals surface area contributed by atoms with E-state index in [0.29, 0.717) is 11.6 Å². The summed E-state index contributed by atoms with van der Waals surface area (Å²) in [5.41, 5.74) is 0.732. The van der Waals surface area contributed by atoms with E-state index in [1.165, 1.54) is 4.90 Å². The van der Waals surface area contributed by atoms with E-state index in [1.807, 2.05) is 0 Å².